The first-order valence-electron chi connectivity index (χ1n) is 18.7. The average molecular weight is 710 g/mol. The molecule has 0 saturated heterocycles. The summed E-state index contributed by atoms with van der Waals surface area (Å²) in [7, 11) is 0. The Kier molecular flexibility index (Phi) is 7.24. The van der Waals surface area contributed by atoms with Crippen molar-refractivity contribution in [2.45, 2.75) is 18.1 Å². The van der Waals surface area contributed by atoms with Crippen molar-refractivity contribution in [1.82, 2.24) is 0 Å². The molecule has 0 radical (unpaired) electrons. The van der Waals surface area contributed by atoms with E-state index in [4.69, 9.17) is 4.99 Å². The first-order chi connectivity index (χ1) is 26.8. The second-order valence-electron chi connectivity index (χ2n) is 14.2. The lowest BCUT2D eigenvalue weighted by molar-refractivity contribution is 0.690. The minimum Gasteiger partial charge on any atom is -0.333 e. The lowest BCUT2D eigenvalue weighted by Gasteiger charge is -2.41. The van der Waals surface area contributed by atoms with Crippen LogP contribution in [-0.2, 0) is 0 Å². The maximum absolute atomic E-state index is 5.11. The first-order valence-corrected chi connectivity index (χ1v) is 19.5. The van der Waals surface area contributed by atoms with E-state index in [1.54, 1.807) is 0 Å². The lowest BCUT2D eigenvalue weighted by Crippen LogP contribution is -2.43. The van der Waals surface area contributed by atoms with Crippen LogP contribution in [0.1, 0.15) is 34.3 Å². The number of aliphatic imine (C=N–C) groups is 1. The molecule has 0 N–H and O–H groups in total. The molecule has 3 aliphatic rings. The van der Waals surface area contributed by atoms with E-state index in [0.29, 0.717) is 0 Å². The molecule has 0 fully saturated rings. The highest BCUT2D eigenvalue weighted by molar-refractivity contribution is 7.26. The minimum atomic E-state index is -0.0569. The quantitative estimate of drug-likeness (QED) is 0.171. The third-order valence-electron chi connectivity index (χ3n) is 11.2. The van der Waals surface area contributed by atoms with Gasteiger partial charge in [0.25, 0.3) is 0 Å². The van der Waals surface area contributed by atoms with Crippen LogP contribution in [0.4, 0.5) is 17.1 Å². The highest BCUT2D eigenvalue weighted by Crippen LogP contribution is 2.51. The molecule has 8 aromatic rings. The highest BCUT2D eigenvalue weighted by Gasteiger charge is 2.39. The van der Waals surface area contributed by atoms with Crippen molar-refractivity contribution in [3.8, 4) is 11.1 Å². The predicted molar refractivity (Wildman–Crippen MR) is 228 cm³/mol. The molecule has 2 aliphatic heterocycles. The molecule has 3 nitrogen and oxygen atoms in total. The van der Waals surface area contributed by atoms with Crippen molar-refractivity contribution < 1.29 is 0 Å². The molecule has 11 rings (SSSR count). The smallest absolute Gasteiger partial charge is 0.154 e. The van der Waals surface area contributed by atoms with E-state index in [1.807, 2.05) is 11.3 Å². The van der Waals surface area contributed by atoms with Crippen LogP contribution in [0.2, 0.25) is 0 Å². The monoisotopic (exact) mass is 709 g/mol. The van der Waals surface area contributed by atoms with E-state index >= 15 is 0 Å². The molecular weight excluding hydrogens is 675 g/mol. The van der Waals surface area contributed by atoms with Crippen LogP contribution < -0.4 is 9.80 Å². The fourth-order valence-electron chi connectivity index (χ4n) is 8.70. The van der Waals surface area contributed by atoms with Crippen molar-refractivity contribution in [3.63, 3.8) is 0 Å². The zero-order chi connectivity index (χ0) is 35.6. The number of thiophene rings is 1. The third-order valence-corrected chi connectivity index (χ3v) is 12.5. The van der Waals surface area contributed by atoms with Gasteiger partial charge in [-0.3, -0.25) is 4.90 Å². The number of fused-ring (bicyclic) bond motifs is 6. The van der Waals surface area contributed by atoms with Gasteiger partial charge in [-0.25, -0.2) is 4.99 Å². The summed E-state index contributed by atoms with van der Waals surface area (Å²) < 4.78 is 2.69. The van der Waals surface area contributed by atoms with Gasteiger partial charge in [-0.15, -0.1) is 11.3 Å². The second kappa shape index (κ2) is 12.6. The molecule has 3 unspecified atom stereocenters. The normalized spacial score (nSPS) is 18.6. The number of hydrogen-bond donors (Lipinski definition) is 0. The predicted octanol–water partition coefficient (Wildman–Crippen LogP) is 12.9. The topological polar surface area (TPSA) is 18.8 Å². The number of amidine groups is 1. The SMILES string of the molecule is C1=CC2c3ccccc3N(c3ccc(N4C(c5ccccc5)=NC4c4ccccc4)cc3)C2C=C1c1cccc2c1sc1c(-c3ccccc3)cccc12. The van der Waals surface area contributed by atoms with Gasteiger partial charge < -0.3 is 4.90 Å². The molecule has 1 aliphatic carbocycles. The van der Waals surface area contributed by atoms with Gasteiger partial charge in [0.2, 0.25) is 0 Å². The Labute approximate surface area is 319 Å². The van der Waals surface area contributed by atoms with E-state index in [0.717, 1.165) is 17.1 Å². The Hall–Kier alpha value is -6.49. The first kappa shape index (κ1) is 31.1. The van der Waals surface area contributed by atoms with Gasteiger partial charge in [-0.1, -0.05) is 164 Å². The highest BCUT2D eigenvalue weighted by atomic mass is 32.1. The molecule has 0 bridgehead atoms. The fourth-order valence-corrected chi connectivity index (χ4v) is 10.1. The van der Waals surface area contributed by atoms with Crippen molar-refractivity contribution in [2.24, 2.45) is 4.99 Å². The average Bonchev–Trinajstić information content (AvgIpc) is 3.78. The minimum absolute atomic E-state index is 0.0569. The van der Waals surface area contributed by atoms with E-state index < -0.39 is 0 Å². The standard InChI is InChI=1S/C50H35N3S/c1-4-14-33(15-5-1)39-21-12-23-43-44-24-13-22-40(48(44)54-47(39)43)36-26-31-42-41-20-10-11-25-45(41)52(46(42)32-36)37-27-29-38(30-28-37)53-49(34-16-6-2-7-17-34)51-50(53)35-18-8-3-9-19-35/h1-32,42,46,49H. The van der Waals surface area contributed by atoms with E-state index in [1.165, 1.54) is 64.9 Å². The molecular formula is C50H35N3S. The summed E-state index contributed by atoms with van der Waals surface area (Å²) in [5.41, 5.74) is 12.4. The van der Waals surface area contributed by atoms with Gasteiger partial charge >= 0.3 is 0 Å². The van der Waals surface area contributed by atoms with E-state index in [9.17, 15) is 0 Å². The van der Waals surface area contributed by atoms with Crippen LogP contribution >= 0.6 is 11.3 Å². The summed E-state index contributed by atoms with van der Waals surface area (Å²) >= 11 is 1.92. The number of anilines is 3. The molecule has 4 heteroatoms. The Morgan fingerprint density at radius 2 is 1.09 bits per heavy atom. The van der Waals surface area contributed by atoms with Crippen LogP contribution in [0.15, 0.2) is 199 Å². The number of allylic oxidation sites excluding steroid dienone is 2. The molecule has 7 aromatic carbocycles. The van der Waals surface area contributed by atoms with Crippen LogP contribution in [-0.4, -0.2) is 11.9 Å². The Morgan fingerprint density at radius 3 is 1.81 bits per heavy atom. The molecule has 0 saturated carbocycles. The zero-order valence-corrected chi connectivity index (χ0v) is 30.3. The van der Waals surface area contributed by atoms with Gasteiger partial charge in [-0.2, -0.15) is 0 Å². The van der Waals surface area contributed by atoms with Gasteiger partial charge in [0.15, 0.2) is 6.17 Å². The van der Waals surface area contributed by atoms with Crippen LogP contribution in [0.25, 0.3) is 36.9 Å². The number of benzene rings is 7. The number of rotatable bonds is 6. The van der Waals surface area contributed by atoms with E-state index in [2.05, 4.69) is 204 Å². The fraction of sp³-hybridized carbons (Fsp3) is 0.0600. The van der Waals surface area contributed by atoms with E-state index in [-0.39, 0.29) is 18.1 Å². The Balaban J connectivity index is 0.982. The van der Waals surface area contributed by atoms with Gasteiger partial charge in [-0.05, 0) is 63.7 Å². The molecule has 1 aromatic heterocycles. The Bertz CT molecular complexity index is 2780. The van der Waals surface area contributed by atoms with Crippen LogP contribution in [0, 0.1) is 0 Å². The summed E-state index contributed by atoms with van der Waals surface area (Å²) in [5, 5.41) is 2.64. The maximum atomic E-state index is 5.11. The van der Waals surface area contributed by atoms with Gasteiger partial charge in [0.05, 0.1) is 6.04 Å². The molecule has 3 heterocycles. The molecule has 54 heavy (non-hydrogen) atoms. The summed E-state index contributed by atoms with van der Waals surface area (Å²) in [4.78, 5) is 10.0. The third kappa shape index (κ3) is 4.91. The van der Waals surface area contributed by atoms with Crippen molar-refractivity contribution in [3.05, 3.63) is 216 Å². The number of para-hydroxylation sites is 1. The van der Waals surface area contributed by atoms with Gasteiger partial charge in [0.1, 0.15) is 5.84 Å². The van der Waals surface area contributed by atoms with Crippen LogP contribution in [0.5, 0.6) is 0 Å². The summed E-state index contributed by atoms with van der Waals surface area (Å²) in [6.45, 7) is 0. The maximum Gasteiger partial charge on any atom is 0.154 e. The van der Waals surface area contributed by atoms with Crippen molar-refractivity contribution in [2.75, 3.05) is 9.80 Å². The largest absolute Gasteiger partial charge is 0.333 e. The number of nitrogens with zero attached hydrogens (tertiary/aromatic N) is 3. The second-order valence-corrected chi connectivity index (χ2v) is 15.3. The molecule has 3 atom stereocenters. The van der Waals surface area contributed by atoms with Gasteiger partial charge in [0, 0.05) is 48.7 Å². The zero-order valence-electron chi connectivity index (χ0n) is 29.5. The van der Waals surface area contributed by atoms with Crippen molar-refractivity contribution >= 4 is 60.0 Å². The molecule has 256 valence electrons. The Morgan fingerprint density at radius 1 is 0.500 bits per heavy atom. The molecule has 0 spiro atoms. The van der Waals surface area contributed by atoms with Crippen molar-refractivity contribution in [1.29, 1.82) is 0 Å². The summed E-state index contributed by atoms with van der Waals surface area (Å²) in [6.07, 6.45) is 7.25. The molecule has 0 amide bonds. The lowest BCUT2D eigenvalue weighted by atomic mass is 9.86. The number of hydrogen-bond acceptors (Lipinski definition) is 4. The summed E-state index contributed by atoms with van der Waals surface area (Å²) in [5.74, 6) is 1.27. The van der Waals surface area contributed by atoms with Crippen LogP contribution in [0.3, 0.4) is 0 Å². The summed E-state index contributed by atoms with van der Waals surface area (Å²) in [6, 6.07) is 63.6.